The Morgan fingerprint density at radius 1 is 1.27 bits per heavy atom. The number of hydrogen-bond acceptors (Lipinski definition) is 4. The Bertz CT molecular complexity index is 771. The molecule has 2 rings (SSSR count). The second kappa shape index (κ2) is 9.54. The van der Waals surface area contributed by atoms with E-state index in [2.05, 4.69) is 33.5 Å². The number of halogens is 1. The van der Waals surface area contributed by atoms with Gasteiger partial charge in [0.2, 0.25) is 0 Å². The Morgan fingerprint density at radius 3 is 2.58 bits per heavy atom. The maximum Gasteiger partial charge on any atom is 0.257 e. The van der Waals surface area contributed by atoms with Crippen LogP contribution in [0.2, 0.25) is 0 Å². The van der Waals surface area contributed by atoms with Crippen LogP contribution in [0.25, 0.3) is 0 Å². The minimum Gasteiger partial charge on any atom is -0.506 e. The number of amides is 1. The number of hydrogen-bond donors (Lipinski definition) is 3. The van der Waals surface area contributed by atoms with E-state index in [4.69, 9.17) is 17.0 Å². The first-order valence-corrected chi connectivity index (χ1v) is 9.45. The molecule has 26 heavy (non-hydrogen) atoms. The first kappa shape index (κ1) is 20.2. The molecule has 0 saturated carbocycles. The van der Waals surface area contributed by atoms with Crippen LogP contribution in [-0.2, 0) is 0 Å². The van der Waals surface area contributed by atoms with Gasteiger partial charge >= 0.3 is 0 Å². The summed E-state index contributed by atoms with van der Waals surface area (Å²) in [5.41, 5.74) is 1.84. The van der Waals surface area contributed by atoms with Crippen molar-refractivity contribution in [3.05, 3.63) is 52.0 Å². The fourth-order valence-corrected chi connectivity index (χ4v) is 2.95. The number of unbranched alkanes of at least 4 members (excludes halogenated alkanes) is 1. The molecule has 0 aliphatic carbocycles. The molecule has 1 amide bonds. The van der Waals surface area contributed by atoms with Crippen molar-refractivity contribution in [3.63, 3.8) is 0 Å². The van der Waals surface area contributed by atoms with E-state index in [1.807, 2.05) is 0 Å². The Kier molecular flexibility index (Phi) is 7.41. The summed E-state index contributed by atoms with van der Waals surface area (Å²) in [5.74, 6) is 0.601. The van der Waals surface area contributed by atoms with Gasteiger partial charge in [-0.25, -0.2) is 0 Å². The molecule has 0 bridgehead atoms. The predicted octanol–water partition coefficient (Wildman–Crippen LogP) is 4.77. The number of phenols is 1. The molecule has 138 valence electrons. The molecule has 5 nitrogen and oxygen atoms in total. The lowest BCUT2D eigenvalue weighted by atomic mass is 10.2. The molecule has 0 saturated heterocycles. The molecule has 0 radical (unpaired) electrons. The molecule has 0 atom stereocenters. The smallest absolute Gasteiger partial charge is 0.257 e. The van der Waals surface area contributed by atoms with Gasteiger partial charge in [-0.3, -0.25) is 10.1 Å². The summed E-state index contributed by atoms with van der Waals surface area (Å²) in [6.45, 7) is 4.54. The van der Waals surface area contributed by atoms with Gasteiger partial charge in [-0.15, -0.1) is 0 Å². The van der Waals surface area contributed by atoms with E-state index >= 15 is 0 Å². The van der Waals surface area contributed by atoms with Crippen molar-refractivity contribution in [2.45, 2.75) is 26.7 Å². The van der Waals surface area contributed by atoms with Crippen molar-refractivity contribution >= 4 is 44.9 Å². The average molecular weight is 437 g/mol. The zero-order chi connectivity index (χ0) is 19.1. The van der Waals surface area contributed by atoms with E-state index < -0.39 is 0 Å². The average Bonchev–Trinajstić information content (AvgIpc) is 2.60. The third kappa shape index (κ3) is 5.71. The van der Waals surface area contributed by atoms with Crippen LogP contribution in [0.3, 0.4) is 0 Å². The highest BCUT2D eigenvalue weighted by Gasteiger charge is 2.10. The topological polar surface area (TPSA) is 70.6 Å². The number of anilines is 1. The Balaban J connectivity index is 1.93. The van der Waals surface area contributed by atoms with E-state index in [-0.39, 0.29) is 16.8 Å². The van der Waals surface area contributed by atoms with Gasteiger partial charge in [-0.2, -0.15) is 0 Å². The normalized spacial score (nSPS) is 10.3. The molecule has 2 aromatic carbocycles. The second-order valence-electron chi connectivity index (χ2n) is 5.76. The van der Waals surface area contributed by atoms with E-state index in [1.54, 1.807) is 43.3 Å². The van der Waals surface area contributed by atoms with Gasteiger partial charge < -0.3 is 15.2 Å². The molecule has 0 unspecified atom stereocenters. The number of nitrogens with one attached hydrogen (secondary N) is 2. The predicted molar refractivity (Wildman–Crippen MR) is 111 cm³/mol. The molecular formula is C19H21BrN2O3S. The van der Waals surface area contributed by atoms with Crippen LogP contribution in [0.4, 0.5) is 5.69 Å². The highest BCUT2D eigenvalue weighted by Crippen LogP contribution is 2.30. The van der Waals surface area contributed by atoms with Crippen molar-refractivity contribution in [2.75, 3.05) is 11.9 Å². The second-order valence-corrected chi connectivity index (χ2v) is 7.02. The monoisotopic (exact) mass is 436 g/mol. The minimum absolute atomic E-state index is 0.173. The highest BCUT2D eigenvalue weighted by molar-refractivity contribution is 9.10. The van der Waals surface area contributed by atoms with Gasteiger partial charge in [-0.05, 0) is 83.5 Å². The van der Waals surface area contributed by atoms with Crippen LogP contribution in [0.5, 0.6) is 11.5 Å². The Hall–Kier alpha value is -2.12. The number of rotatable bonds is 6. The molecule has 0 aliphatic rings. The van der Waals surface area contributed by atoms with Crippen LogP contribution in [-0.4, -0.2) is 22.7 Å². The van der Waals surface area contributed by atoms with Gasteiger partial charge in [0.1, 0.15) is 11.5 Å². The number of carbonyl (C=O) groups excluding carboxylic acids is 1. The summed E-state index contributed by atoms with van der Waals surface area (Å²) in [4.78, 5) is 12.3. The van der Waals surface area contributed by atoms with Gasteiger partial charge in [0, 0.05) is 11.3 Å². The summed E-state index contributed by atoms with van der Waals surface area (Å²) >= 11 is 8.45. The van der Waals surface area contributed by atoms with Crippen LogP contribution in [0.15, 0.2) is 40.9 Å². The zero-order valence-corrected chi connectivity index (χ0v) is 17.0. The Morgan fingerprint density at radius 2 is 1.96 bits per heavy atom. The number of thiocarbonyl (C=S) groups is 1. The van der Waals surface area contributed by atoms with Crippen LogP contribution < -0.4 is 15.4 Å². The van der Waals surface area contributed by atoms with Crippen molar-refractivity contribution in [1.82, 2.24) is 5.32 Å². The zero-order valence-electron chi connectivity index (χ0n) is 14.6. The first-order chi connectivity index (χ1) is 12.4. The van der Waals surface area contributed by atoms with E-state index in [1.165, 1.54) is 0 Å². The molecule has 0 fully saturated rings. The van der Waals surface area contributed by atoms with Gasteiger partial charge in [0.15, 0.2) is 5.11 Å². The number of benzene rings is 2. The molecule has 0 aromatic heterocycles. The lowest BCUT2D eigenvalue weighted by molar-refractivity contribution is 0.0977. The number of aromatic hydroxyl groups is 1. The van der Waals surface area contributed by atoms with Gasteiger partial charge in [0.25, 0.3) is 5.91 Å². The molecule has 3 N–H and O–H groups in total. The highest BCUT2D eigenvalue weighted by atomic mass is 79.9. The number of aryl methyl sites for hydroxylation is 1. The summed E-state index contributed by atoms with van der Waals surface area (Å²) in [6.07, 6.45) is 2.07. The lowest BCUT2D eigenvalue weighted by Gasteiger charge is -2.12. The minimum atomic E-state index is -0.308. The molecule has 2 aromatic rings. The maximum absolute atomic E-state index is 12.3. The lowest BCUT2D eigenvalue weighted by Crippen LogP contribution is -2.34. The molecule has 0 aliphatic heterocycles. The van der Waals surface area contributed by atoms with Gasteiger partial charge in [-0.1, -0.05) is 13.3 Å². The first-order valence-electron chi connectivity index (χ1n) is 8.25. The molecule has 0 spiro atoms. The summed E-state index contributed by atoms with van der Waals surface area (Å²) < 4.78 is 6.13. The maximum atomic E-state index is 12.3. The quantitative estimate of drug-likeness (QED) is 0.345. The van der Waals surface area contributed by atoms with E-state index in [0.29, 0.717) is 27.9 Å². The summed E-state index contributed by atoms with van der Waals surface area (Å²) in [6, 6.07) is 10.3. The fraction of sp³-hybridized carbons (Fsp3) is 0.263. The van der Waals surface area contributed by atoms with Crippen molar-refractivity contribution in [2.24, 2.45) is 0 Å². The van der Waals surface area contributed by atoms with Crippen LogP contribution >= 0.6 is 28.1 Å². The van der Waals surface area contributed by atoms with E-state index in [9.17, 15) is 9.90 Å². The van der Waals surface area contributed by atoms with Crippen LogP contribution in [0, 0.1) is 6.92 Å². The third-order valence-electron chi connectivity index (χ3n) is 3.62. The fourth-order valence-electron chi connectivity index (χ4n) is 2.18. The number of ether oxygens (including phenoxy) is 1. The summed E-state index contributed by atoms with van der Waals surface area (Å²) in [7, 11) is 0. The molecule has 0 heterocycles. The third-order valence-corrected chi connectivity index (χ3v) is 4.43. The van der Waals surface area contributed by atoms with Crippen LogP contribution in [0.1, 0.15) is 35.7 Å². The molecule has 7 heteroatoms. The Labute approximate surface area is 166 Å². The largest absolute Gasteiger partial charge is 0.506 e. The number of phenolic OH excluding ortho intramolecular Hbond substituents is 1. The molecular weight excluding hydrogens is 416 g/mol. The SMILES string of the molecule is CCCCOc1ccc(C(=O)NC(=S)Nc2cc(C)c(O)c(Br)c2)cc1. The van der Waals surface area contributed by atoms with E-state index in [0.717, 1.165) is 18.6 Å². The van der Waals surface area contributed by atoms with Gasteiger partial charge in [0.05, 0.1) is 11.1 Å². The standard InChI is InChI=1S/C19H21BrN2O3S/c1-3-4-9-25-15-7-5-13(6-8-15)18(24)22-19(26)21-14-10-12(2)17(23)16(20)11-14/h5-8,10-11,23H,3-4,9H2,1-2H3,(H2,21,22,24,26). The number of carbonyl (C=O) groups is 1. The van der Waals surface area contributed by atoms with Crippen molar-refractivity contribution in [1.29, 1.82) is 0 Å². The summed E-state index contributed by atoms with van der Waals surface area (Å²) in [5, 5.41) is 15.5. The van der Waals surface area contributed by atoms with Crippen molar-refractivity contribution in [3.8, 4) is 11.5 Å². The van der Waals surface area contributed by atoms with Crippen molar-refractivity contribution < 1.29 is 14.6 Å².